The molecular weight excluding hydrogens is 240 g/mol. The minimum Gasteiger partial charge on any atom is -0.330 e. The van der Waals surface area contributed by atoms with Gasteiger partial charge in [-0.15, -0.1) is 0 Å². The van der Waals surface area contributed by atoms with Crippen LogP contribution in [0.5, 0.6) is 0 Å². The Hall–Kier alpha value is -1.90. The Bertz CT molecular complexity index is 491. The third-order valence-electron chi connectivity index (χ3n) is 3.51. The van der Waals surface area contributed by atoms with Gasteiger partial charge in [0.2, 0.25) is 5.91 Å². The van der Waals surface area contributed by atoms with Gasteiger partial charge in [-0.3, -0.25) is 9.69 Å². The van der Waals surface area contributed by atoms with Crippen LogP contribution in [-0.4, -0.2) is 43.5 Å². The first-order valence-electron chi connectivity index (χ1n) is 6.36. The summed E-state index contributed by atoms with van der Waals surface area (Å²) < 4.78 is 0. The Labute approximate surface area is 113 Å². The molecule has 100 valence electrons. The van der Waals surface area contributed by atoms with Gasteiger partial charge in [-0.1, -0.05) is 0 Å². The van der Waals surface area contributed by atoms with Crippen LogP contribution in [0.25, 0.3) is 0 Å². The molecule has 1 aromatic rings. The van der Waals surface area contributed by atoms with Crippen LogP contribution < -0.4 is 10.6 Å². The summed E-state index contributed by atoms with van der Waals surface area (Å²) in [7, 11) is 1.95. The van der Waals surface area contributed by atoms with E-state index in [2.05, 4.69) is 11.0 Å². The van der Waals surface area contributed by atoms with Crippen LogP contribution in [-0.2, 0) is 4.79 Å². The SMILES string of the molecule is CN1CC(=O)N(c2ccc(C#N)cc2)CC1CCN. The minimum atomic E-state index is 0.0838. The second-order valence-corrected chi connectivity index (χ2v) is 4.81. The highest BCUT2D eigenvalue weighted by atomic mass is 16.2. The van der Waals surface area contributed by atoms with Crippen LogP contribution in [0.2, 0.25) is 0 Å². The summed E-state index contributed by atoms with van der Waals surface area (Å²) >= 11 is 0. The molecule has 2 rings (SSSR count). The molecule has 0 radical (unpaired) electrons. The summed E-state index contributed by atoms with van der Waals surface area (Å²) in [5.74, 6) is 0.0838. The summed E-state index contributed by atoms with van der Waals surface area (Å²) in [6.45, 7) is 1.67. The molecule has 1 aliphatic heterocycles. The third kappa shape index (κ3) is 2.92. The standard InChI is InChI=1S/C14H18N4O/c1-17-10-14(19)18(9-13(17)6-7-15)12-4-2-11(8-16)3-5-12/h2-5,13H,6-7,9-10,15H2,1H3. The number of carbonyl (C=O) groups excluding carboxylic acids is 1. The zero-order valence-electron chi connectivity index (χ0n) is 11.0. The fourth-order valence-electron chi connectivity index (χ4n) is 2.35. The van der Waals surface area contributed by atoms with Crippen molar-refractivity contribution in [2.75, 3.05) is 31.6 Å². The van der Waals surface area contributed by atoms with Crippen molar-refractivity contribution in [1.82, 2.24) is 4.90 Å². The first-order valence-corrected chi connectivity index (χ1v) is 6.36. The largest absolute Gasteiger partial charge is 0.330 e. The number of nitrogens with zero attached hydrogens (tertiary/aromatic N) is 3. The summed E-state index contributed by atoms with van der Waals surface area (Å²) in [4.78, 5) is 15.9. The quantitative estimate of drug-likeness (QED) is 0.859. The van der Waals surface area contributed by atoms with Crippen molar-refractivity contribution >= 4 is 11.6 Å². The van der Waals surface area contributed by atoms with Gasteiger partial charge in [-0.05, 0) is 44.3 Å². The Morgan fingerprint density at radius 2 is 2.11 bits per heavy atom. The van der Waals surface area contributed by atoms with Crippen LogP contribution in [0, 0.1) is 11.3 Å². The second-order valence-electron chi connectivity index (χ2n) is 4.81. The Balaban J connectivity index is 2.17. The van der Waals surface area contributed by atoms with Crippen molar-refractivity contribution in [2.45, 2.75) is 12.5 Å². The number of benzene rings is 1. The predicted molar refractivity (Wildman–Crippen MR) is 73.6 cm³/mol. The van der Waals surface area contributed by atoms with Crippen LogP contribution in [0.4, 0.5) is 5.69 Å². The summed E-state index contributed by atoms with van der Waals surface area (Å²) in [5, 5.41) is 8.79. The topological polar surface area (TPSA) is 73.4 Å². The average molecular weight is 258 g/mol. The molecule has 1 atom stereocenters. The summed E-state index contributed by atoms with van der Waals surface area (Å²) in [5.41, 5.74) is 7.06. The van der Waals surface area contributed by atoms with Gasteiger partial charge in [-0.25, -0.2) is 0 Å². The molecule has 0 spiro atoms. The van der Waals surface area contributed by atoms with Gasteiger partial charge < -0.3 is 10.6 Å². The van der Waals surface area contributed by atoms with Crippen molar-refractivity contribution in [1.29, 1.82) is 5.26 Å². The lowest BCUT2D eigenvalue weighted by Crippen LogP contribution is -2.55. The molecule has 1 unspecified atom stereocenters. The number of anilines is 1. The molecule has 1 aliphatic rings. The van der Waals surface area contributed by atoms with Gasteiger partial charge in [0.05, 0.1) is 18.2 Å². The Morgan fingerprint density at radius 1 is 1.42 bits per heavy atom. The van der Waals surface area contributed by atoms with E-state index >= 15 is 0 Å². The monoisotopic (exact) mass is 258 g/mol. The minimum absolute atomic E-state index is 0.0838. The number of nitriles is 1. The third-order valence-corrected chi connectivity index (χ3v) is 3.51. The normalized spacial score (nSPS) is 20.4. The molecule has 1 aromatic carbocycles. The molecule has 0 saturated carbocycles. The lowest BCUT2D eigenvalue weighted by molar-refractivity contribution is -0.122. The number of amides is 1. The smallest absolute Gasteiger partial charge is 0.241 e. The van der Waals surface area contributed by atoms with Crippen LogP contribution >= 0.6 is 0 Å². The van der Waals surface area contributed by atoms with Crippen LogP contribution in [0.15, 0.2) is 24.3 Å². The van der Waals surface area contributed by atoms with E-state index in [1.165, 1.54) is 0 Å². The lowest BCUT2D eigenvalue weighted by atomic mass is 10.1. The molecule has 1 saturated heterocycles. The van der Waals surface area contributed by atoms with E-state index in [-0.39, 0.29) is 5.91 Å². The molecule has 0 aromatic heterocycles. The molecule has 2 N–H and O–H groups in total. The highest BCUT2D eigenvalue weighted by Gasteiger charge is 2.29. The van der Waals surface area contributed by atoms with Crippen LogP contribution in [0.3, 0.4) is 0 Å². The highest BCUT2D eigenvalue weighted by Crippen LogP contribution is 2.21. The Morgan fingerprint density at radius 3 is 2.68 bits per heavy atom. The molecule has 1 amide bonds. The van der Waals surface area contributed by atoms with Crippen molar-refractivity contribution in [3.63, 3.8) is 0 Å². The number of hydrogen-bond donors (Lipinski definition) is 1. The van der Waals surface area contributed by atoms with Gasteiger partial charge >= 0.3 is 0 Å². The van der Waals surface area contributed by atoms with E-state index in [0.717, 1.165) is 12.1 Å². The molecule has 0 bridgehead atoms. The summed E-state index contributed by atoms with van der Waals surface area (Å²) in [6.07, 6.45) is 0.872. The second kappa shape index (κ2) is 5.83. The fraction of sp³-hybridized carbons (Fsp3) is 0.429. The number of nitrogens with two attached hydrogens (primary N) is 1. The van der Waals surface area contributed by atoms with Gasteiger partial charge in [0.1, 0.15) is 0 Å². The number of carbonyl (C=O) groups is 1. The maximum absolute atomic E-state index is 12.1. The molecule has 5 nitrogen and oxygen atoms in total. The number of likely N-dealkylation sites (N-methyl/N-ethyl adjacent to an activating group) is 1. The maximum atomic E-state index is 12.1. The average Bonchev–Trinajstić information content (AvgIpc) is 2.42. The molecule has 5 heteroatoms. The van der Waals surface area contributed by atoms with Crippen molar-refractivity contribution in [3.05, 3.63) is 29.8 Å². The van der Waals surface area contributed by atoms with E-state index in [0.29, 0.717) is 31.2 Å². The van der Waals surface area contributed by atoms with E-state index in [1.54, 1.807) is 17.0 Å². The number of rotatable bonds is 3. The molecule has 19 heavy (non-hydrogen) atoms. The van der Waals surface area contributed by atoms with E-state index in [4.69, 9.17) is 11.0 Å². The number of piperazine rings is 1. The lowest BCUT2D eigenvalue weighted by Gasteiger charge is -2.39. The predicted octanol–water partition coefficient (Wildman–Crippen LogP) is 0.554. The van der Waals surface area contributed by atoms with Crippen LogP contribution in [0.1, 0.15) is 12.0 Å². The first kappa shape index (κ1) is 13.5. The van der Waals surface area contributed by atoms with Crippen molar-refractivity contribution in [2.24, 2.45) is 5.73 Å². The summed E-state index contributed by atoms with van der Waals surface area (Å²) in [6, 6.07) is 9.48. The molecule has 1 fully saturated rings. The number of hydrogen-bond acceptors (Lipinski definition) is 4. The zero-order valence-corrected chi connectivity index (χ0v) is 11.0. The highest BCUT2D eigenvalue weighted by molar-refractivity contribution is 5.95. The Kier molecular flexibility index (Phi) is 4.15. The maximum Gasteiger partial charge on any atom is 0.241 e. The van der Waals surface area contributed by atoms with Gasteiger partial charge in [0, 0.05) is 18.3 Å². The van der Waals surface area contributed by atoms with Gasteiger partial charge in [0.25, 0.3) is 0 Å². The van der Waals surface area contributed by atoms with Gasteiger partial charge in [-0.2, -0.15) is 5.26 Å². The van der Waals surface area contributed by atoms with Gasteiger partial charge in [0.15, 0.2) is 0 Å². The first-order chi connectivity index (χ1) is 9.15. The fourth-order valence-corrected chi connectivity index (χ4v) is 2.35. The van der Waals surface area contributed by atoms with E-state index in [1.807, 2.05) is 19.2 Å². The van der Waals surface area contributed by atoms with E-state index in [9.17, 15) is 4.79 Å². The van der Waals surface area contributed by atoms with Crippen molar-refractivity contribution in [3.8, 4) is 6.07 Å². The zero-order chi connectivity index (χ0) is 13.8. The van der Waals surface area contributed by atoms with E-state index < -0.39 is 0 Å². The molecule has 1 heterocycles. The van der Waals surface area contributed by atoms with Crippen molar-refractivity contribution < 1.29 is 4.79 Å². The molecule has 0 aliphatic carbocycles. The molecular formula is C14H18N4O.